The Kier molecular flexibility index (Phi) is 3.77. The number of hydrogen-bond acceptors (Lipinski definition) is 0. The lowest BCUT2D eigenvalue weighted by molar-refractivity contribution is -0.252. The van der Waals surface area contributed by atoms with E-state index in [2.05, 4.69) is 0 Å². The Morgan fingerprint density at radius 3 is 1.77 bits per heavy atom. The SMILES string of the molecule is FC(=CBr)C(F)(F)C(F)(F)C(F)F. The maximum atomic E-state index is 12.1. The third kappa shape index (κ3) is 2.15. The summed E-state index contributed by atoms with van der Waals surface area (Å²) in [5.74, 6) is -13.9. The third-order valence-corrected chi connectivity index (χ3v) is 1.49. The van der Waals surface area contributed by atoms with Crippen molar-refractivity contribution in [1.29, 1.82) is 0 Å². The molecule has 0 amide bonds. The van der Waals surface area contributed by atoms with E-state index >= 15 is 0 Å². The molecule has 0 spiro atoms. The van der Waals surface area contributed by atoms with E-state index in [0.29, 0.717) is 0 Å². The summed E-state index contributed by atoms with van der Waals surface area (Å²) in [6.45, 7) is 0. The van der Waals surface area contributed by atoms with Gasteiger partial charge in [0, 0.05) is 4.99 Å². The van der Waals surface area contributed by atoms with E-state index in [4.69, 9.17) is 0 Å². The molecule has 0 unspecified atom stereocenters. The minimum absolute atomic E-state index is 0.177. The summed E-state index contributed by atoms with van der Waals surface area (Å²) >= 11 is 2.00. The van der Waals surface area contributed by atoms with Gasteiger partial charge in [-0.05, 0) is 0 Å². The van der Waals surface area contributed by atoms with Crippen LogP contribution in [0.4, 0.5) is 30.7 Å². The van der Waals surface area contributed by atoms with Gasteiger partial charge in [-0.15, -0.1) is 0 Å². The zero-order valence-corrected chi connectivity index (χ0v) is 7.26. The molecule has 0 aromatic carbocycles. The van der Waals surface area contributed by atoms with Gasteiger partial charge in [0.2, 0.25) is 0 Å². The highest BCUT2D eigenvalue weighted by atomic mass is 79.9. The normalized spacial score (nSPS) is 15.3. The van der Waals surface area contributed by atoms with Crippen molar-refractivity contribution in [3.05, 3.63) is 10.8 Å². The smallest absolute Gasteiger partial charge is 0.204 e. The van der Waals surface area contributed by atoms with Crippen molar-refractivity contribution < 1.29 is 30.7 Å². The van der Waals surface area contributed by atoms with Crippen molar-refractivity contribution in [3.63, 3.8) is 0 Å². The Bertz CT molecular complexity index is 209. The van der Waals surface area contributed by atoms with Crippen LogP contribution in [0.3, 0.4) is 0 Å². The molecule has 0 rings (SSSR count). The van der Waals surface area contributed by atoms with Crippen LogP contribution in [0.15, 0.2) is 10.8 Å². The van der Waals surface area contributed by atoms with Gasteiger partial charge in [0.25, 0.3) is 0 Å². The zero-order chi connectivity index (χ0) is 10.9. The van der Waals surface area contributed by atoms with Crippen LogP contribution in [0.2, 0.25) is 0 Å². The largest absolute Gasteiger partial charge is 0.375 e. The van der Waals surface area contributed by atoms with E-state index in [-0.39, 0.29) is 4.99 Å². The highest BCUT2D eigenvalue weighted by Crippen LogP contribution is 2.44. The van der Waals surface area contributed by atoms with E-state index in [9.17, 15) is 30.7 Å². The maximum absolute atomic E-state index is 12.1. The summed E-state index contributed by atoms with van der Waals surface area (Å²) in [4.78, 5) is -0.177. The average Bonchev–Trinajstić information content (AvgIpc) is 2.02. The Balaban J connectivity index is 5.03. The topological polar surface area (TPSA) is 0 Å². The number of rotatable bonds is 3. The molecule has 0 radical (unpaired) electrons. The van der Waals surface area contributed by atoms with Crippen LogP contribution < -0.4 is 0 Å². The summed E-state index contributed by atoms with van der Waals surface area (Å²) in [6.07, 6.45) is -4.64. The van der Waals surface area contributed by atoms with Crippen molar-refractivity contribution in [2.24, 2.45) is 0 Å². The standard InChI is InChI=1S/C5H2BrF7/c6-1-2(7)4(10,11)5(12,13)3(8)9/h1,3H. The molecule has 8 heteroatoms. The molecule has 0 bridgehead atoms. The summed E-state index contributed by atoms with van der Waals surface area (Å²) in [6, 6.07) is 0. The first kappa shape index (κ1) is 12.7. The number of hydrogen-bond donors (Lipinski definition) is 0. The Morgan fingerprint density at radius 1 is 1.15 bits per heavy atom. The molecule has 0 aromatic rings. The van der Waals surface area contributed by atoms with Crippen LogP contribution in [-0.2, 0) is 0 Å². The molecule has 0 aliphatic heterocycles. The predicted octanol–water partition coefficient (Wildman–Crippen LogP) is 3.73. The molecule has 0 N–H and O–H groups in total. The van der Waals surface area contributed by atoms with E-state index in [1.165, 1.54) is 0 Å². The monoisotopic (exact) mass is 274 g/mol. The molecule has 0 aliphatic rings. The molecular formula is C5H2BrF7. The molecule has 0 nitrogen and oxygen atoms in total. The summed E-state index contributed by atoms with van der Waals surface area (Å²) in [7, 11) is 0. The maximum Gasteiger partial charge on any atom is 0.375 e. The number of halogens is 8. The van der Waals surface area contributed by atoms with Crippen LogP contribution in [0, 0.1) is 0 Å². The molecule has 0 atom stereocenters. The Morgan fingerprint density at radius 2 is 1.54 bits per heavy atom. The van der Waals surface area contributed by atoms with Gasteiger partial charge >= 0.3 is 18.3 Å². The van der Waals surface area contributed by atoms with Crippen molar-refractivity contribution >= 4 is 15.9 Å². The predicted molar refractivity (Wildman–Crippen MR) is 34.0 cm³/mol. The minimum Gasteiger partial charge on any atom is -0.204 e. The molecule has 0 saturated carbocycles. The van der Waals surface area contributed by atoms with E-state index in [0.717, 1.165) is 0 Å². The third-order valence-electron chi connectivity index (χ3n) is 1.09. The molecule has 0 saturated heterocycles. The van der Waals surface area contributed by atoms with Gasteiger partial charge in [-0.1, -0.05) is 15.9 Å². The molecule has 78 valence electrons. The first-order valence-electron chi connectivity index (χ1n) is 2.68. The average molecular weight is 275 g/mol. The molecule has 0 heterocycles. The van der Waals surface area contributed by atoms with Crippen molar-refractivity contribution in [1.82, 2.24) is 0 Å². The first-order valence-corrected chi connectivity index (χ1v) is 3.59. The van der Waals surface area contributed by atoms with Gasteiger partial charge in [0.05, 0.1) is 0 Å². The summed E-state index contributed by atoms with van der Waals surface area (Å²) in [5.41, 5.74) is 0. The quantitative estimate of drug-likeness (QED) is 0.688. The van der Waals surface area contributed by atoms with Gasteiger partial charge < -0.3 is 0 Å². The number of allylic oxidation sites excluding steroid dienone is 1. The molecule has 0 aliphatic carbocycles. The lowest BCUT2D eigenvalue weighted by Crippen LogP contribution is -2.46. The lowest BCUT2D eigenvalue weighted by atomic mass is 10.1. The molecule has 0 fully saturated rings. The van der Waals surface area contributed by atoms with Gasteiger partial charge in [0.1, 0.15) is 0 Å². The highest BCUT2D eigenvalue weighted by Gasteiger charge is 2.65. The zero-order valence-electron chi connectivity index (χ0n) is 5.68. The first-order chi connectivity index (χ1) is 5.67. The highest BCUT2D eigenvalue weighted by molar-refractivity contribution is 9.11. The fourth-order valence-electron chi connectivity index (χ4n) is 0.365. The van der Waals surface area contributed by atoms with E-state index < -0.39 is 24.1 Å². The Hall–Kier alpha value is -0.270. The minimum atomic E-state index is -5.72. The fraction of sp³-hybridized carbons (Fsp3) is 0.600. The van der Waals surface area contributed by atoms with Crippen LogP contribution in [0.25, 0.3) is 0 Å². The molecule has 13 heavy (non-hydrogen) atoms. The van der Waals surface area contributed by atoms with Gasteiger partial charge in [-0.25, -0.2) is 13.2 Å². The number of alkyl halides is 6. The second-order valence-electron chi connectivity index (χ2n) is 1.96. The van der Waals surface area contributed by atoms with Crippen LogP contribution >= 0.6 is 15.9 Å². The molecular weight excluding hydrogens is 273 g/mol. The lowest BCUT2D eigenvalue weighted by Gasteiger charge is -2.23. The summed E-state index contributed by atoms with van der Waals surface area (Å²) < 4.78 is 83.0. The van der Waals surface area contributed by atoms with E-state index in [1.807, 2.05) is 15.9 Å². The molecule has 0 aromatic heterocycles. The van der Waals surface area contributed by atoms with Crippen LogP contribution in [-0.4, -0.2) is 18.3 Å². The van der Waals surface area contributed by atoms with E-state index in [1.54, 1.807) is 0 Å². The van der Waals surface area contributed by atoms with Crippen molar-refractivity contribution in [2.75, 3.05) is 0 Å². The Labute approximate surface area is 76.5 Å². The second kappa shape index (κ2) is 3.85. The van der Waals surface area contributed by atoms with Crippen molar-refractivity contribution in [2.45, 2.75) is 18.3 Å². The van der Waals surface area contributed by atoms with Gasteiger partial charge in [-0.2, -0.15) is 17.6 Å². The van der Waals surface area contributed by atoms with Gasteiger partial charge in [0.15, 0.2) is 5.83 Å². The van der Waals surface area contributed by atoms with Gasteiger partial charge in [-0.3, -0.25) is 0 Å². The second-order valence-corrected chi connectivity index (χ2v) is 2.41. The van der Waals surface area contributed by atoms with Crippen LogP contribution in [0.5, 0.6) is 0 Å². The van der Waals surface area contributed by atoms with Crippen molar-refractivity contribution in [3.8, 4) is 0 Å². The van der Waals surface area contributed by atoms with Crippen LogP contribution in [0.1, 0.15) is 0 Å². The fourth-order valence-corrected chi connectivity index (χ4v) is 0.652. The summed E-state index contributed by atoms with van der Waals surface area (Å²) in [5, 5.41) is 0.